The lowest BCUT2D eigenvalue weighted by atomic mass is 10.2. The van der Waals surface area contributed by atoms with Crippen LogP contribution in [0.3, 0.4) is 0 Å². The summed E-state index contributed by atoms with van der Waals surface area (Å²) in [6.45, 7) is 3.90. The summed E-state index contributed by atoms with van der Waals surface area (Å²) >= 11 is 0. The molecule has 0 aliphatic rings. The van der Waals surface area contributed by atoms with Gasteiger partial charge in [-0.05, 0) is 19.9 Å². The van der Waals surface area contributed by atoms with Gasteiger partial charge in [-0.3, -0.25) is 0 Å². The lowest BCUT2D eigenvalue weighted by molar-refractivity contribution is -0.146. The van der Waals surface area contributed by atoms with E-state index in [1.165, 1.54) is 0 Å². The summed E-state index contributed by atoms with van der Waals surface area (Å²) in [6, 6.07) is 9.25. The van der Waals surface area contributed by atoms with Crippen LogP contribution in [-0.4, -0.2) is 17.1 Å². The Kier molecular flexibility index (Phi) is 3.33. The predicted octanol–water partition coefficient (Wildman–Crippen LogP) is 2.64. The highest BCUT2D eigenvalue weighted by atomic mass is 16.5. The van der Waals surface area contributed by atoms with Gasteiger partial charge in [-0.2, -0.15) is 5.26 Å². The second kappa shape index (κ2) is 4.92. The van der Waals surface area contributed by atoms with Gasteiger partial charge >= 0.3 is 5.97 Å². The van der Waals surface area contributed by atoms with E-state index in [0.29, 0.717) is 12.2 Å². The molecule has 0 amide bonds. The fourth-order valence-electron chi connectivity index (χ4n) is 1.99. The summed E-state index contributed by atoms with van der Waals surface area (Å²) in [5, 5.41) is 9.95. The number of hydrogen-bond donors (Lipinski definition) is 0. The van der Waals surface area contributed by atoms with Gasteiger partial charge < -0.3 is 9.30 Å². The molecule has 0 spiro atoms. The molecule has 0 aliphatic heterocycles. The van der Waals surface area contributed by atoms with Gasteiger partial charge in [0.15, 0.2) is 0 Å². The number of esters is 1. The van der Waals surface area contributed by atoms with Crippen LogP contribution >= 0.6 is 0 Å². The topological polar surface area (TPSA) is 55.0 Å². The van der Waals surface area contributed by atoms with E-state index < -0.39 is 6.04 Å². The maximum Gasteiger partial charge on any atom is 0.328 e. The number of ether oxygens (including phenoxy) is 1. The summed E-state index contributed by atoms with van der Waals surface area (Å²) in [7, 11) is 0. The van der Waals surface area contributed by atoms with Gasteiger partial charge in [0.05, 0.1) is 17.7 Å². The number of nitrogens with zero attached hydrogens (tertiary/aromatic N) is 2. The number of carbonyl (C=O) groups is 1. The van der Waals surface area contributed by atoms with E-state index in [2.05, 4.69) is 6.07 Å². The van der Waals surface area contributed by atoms with E-state index in [1.54, 1.807) is 24.6 Å². The molecule has 0 saturated heterocycles. The first-order chi connectivity index (χ1) is 8.69. The summed E-state index contributed by atoms with van der Waals surface area (Å²) in [5.74, 6) is -0.289. The molecule has 0 saturated carbocycles. The summed E-state index contributed by atoms with van der Waals surface area (Å²) < 4.78 is 6.79. The van der Waals surface area contributed by atoms with E-state index >= 15 is 0 Å². The van der Waals surface area contributed by atoms with E-state index in [0.717, 1.165) is 10.9 Å². The van der Waals surface area contributed by atoms with Crippen molar-refractivity contribution in [3.05, 3.63) is 36.0 Å². The van der Waals surface area contributed by atoms with Gasteiger partial charge in [0.2, 0.25) is 0 Å². The Morgan fingerprint density at radius 3 is 2.89 bits per heavy atom. The van der Waals surface area contributed by atoms with Gasteiger partial charge in [-0.15, -0.1) is 0 Å². The number of hydrogen-bond acceptors (Lipinski definition) is 3. The average molecular weight is 242 g/mol. The van der Waals surface area contributed by atoms with Crippen LogP contribution in [0.1, 0.15) is 25.5 Å². The second-order valence-corrected chi connectivity index (χ2v) is 4.01. The molecule has 1 heterocycles. The predicted molar refractivity (Wildman–Crippen MR) is 68.0 cm³/mol. The van der Waals surface area contributed by atoms with Crippen molar-refractivity contribution in [1.29, 1.82) is 5.26 Å². The van der Waals surface area contributed by atoms with Crippen molar-refractivity contribution in [2.75, 3.05) is 6.61 Å². The fraction of sp³-hybridized carbons (Fsp3) is 0.286. The third-order valence-electron chi connectivity index (χ3n) is 2.91. The van der Waals surface area contributed by atoms with Crippen LogP contribution in [-0.2, 0) is 9.53 Å². The minimum Gasteiger partial charge on any atom is -0.464 e. The number of rotatable bonds is 3. The minimum atomic E-state index is -0.433. The van der Waals surface area contributed by atoms with Gasteiger partial charge in [0, 0.05) is 11.6 Å². The lowest BCUT2D eigenvalue weighted by Gasteiger charge is -2.13. The largest absolute Gasteiger partial charge is 0.464 e. The fourth-order valence-corrected chi connectivity index (χ4v) is 1.99. The van der Waals surface area contributed by atoms with Crippen molar-refractivity contribution in [1.82, 2.24) is 4.57 Å². The lowest BCUT2D eigenvalue weighted by Crippen LogP contribution is -2.18. The molecule has 18 heavy (non-hydrogen) atoms. The molecular formula is C14H14N2O2. The normalized spacial score (nSPS) is 12.1. The standard InChI is InChI=1S/C14H14N2O2/c1-3-18-14(17)10(2)16-9-11(8-15)12-6-4-5-7-13(12)16/h4-7,9-10H,3H2,1-2H3/t10-/m1/s1. The zero-order chi connectivity index (χ0) is 13.1. The first-order valence-corrected chi connectivity index (χ1v) is 5.85. The molecule has 0 aliphatic carbocycles. The van der Waals surface area contributed by atoms with E-state index in [1.807, 2.05) is 24.3 Å². The molecule has 4 heteroatoms. The molecule has 0 radical (unpaired) electrons. The Morgan fingerprint density at radius 2 is 2.22 bits per heavy atom. The van der Waals surface area contributed by atoms with Crippen molar-refractivity contribution in [2.45, 2.75) is 19.9 Å². The highest BCUT2D eigenvalue weighted by Crippen LogP contribution is 2.24. The van der Waals surface area contributed by atoms with Crippen LogP contribution < -0.4 is 0 Å². The molecule has 2 aromatic rings. The zero-order valence-corrected chi connectivity index (χ0v) is 10.4. The van der Waals surface area contributed by atoms with Crippen LogP contribution in [0, 0.1) is 11.3 Å². The van der Waals surface area contributed by atoms with Crippen molar-refractivity contribution < 1.29 is 9.53 Å². The molecule has 1 aromatic heterocycles. The minimum absolute atomic E-state index is 0.289. The van der Waals surface area contributed by atoms with Crippen molar-refractivity contribution >= 4 is 16.9 Å². The molecule has 0 fully saturated rings. The Hall–Kier alpha value is -2.28. The molecule has 1 atom stereocenters. The Balaban J connectivity index is 2.52. The molecule has 92 valence electrons. The van der Waals surface area contributed by atoms with E-state index in [9.17, 15) is 4.79 Å². The number of carbonyl (C=O) groups excluding carboxylic acids is 1. The first kappa shape index (κ1) is 12.2. The molecule has 0 unspecified atom stereocenters. The summed E-state index contributed by atoms with van der Waals surface area (Å²) in [5.41, 5.74) is 1.44. The average Bonchev–Trinajstić information content (AvgIpc) is 2.77. The molecule has 1 aromatic carbocycles. The smallest absolute Gasteiger partial charge is 0.328 e. The third-order valence-corrected chi connectivity index (χ3v) is 2.91. The van der Waals surface area contributed by atoms with Gasteiger partial charge in [-0.25, -0.2) is 4.79 Å². The van der Waals surface area contributed by atoms with E-state index in [-0.39, 0.29) is 5.97 Å². The number of fused-ring (bicyclic) bond motifs is 1. The Bertz CT molecular complexity index is 622. The van der Waals surface area contributed by atoms with E-state index in [4.69, 9.17) is 10.00 Å². The zero-order valence-electron chi connectivity index (χ0n) is 10.4. The monoisotopic (exact) mass is 242 g/mol. The number of nitriles is 1. The Labute approximate surface area is 105 Å². The van der Waals surface area contributed by atoms with Crippen LogP contribution in [0.5, 0.6) is 0 Å². The highest BCUT2D eigenvalue weighted by molar-refractivity contribution is 5.88. The maximum atomic E-state index is 11.8. The second-order valence-electron chi connectivity index (χ2n) is 4.01. The molecule has 0 N–H and O–H groups in total. The number of benzene rings is 1. The molecule has 4 nitrogen and oxygen atoms in total. The maximum absolute atomic E-state index is 11.8. The van der Waals surface area contributed by atoms with Crippen molar-refractivity contribution in [2.24, 2.45) is 0 Å². The van der Waals surface area contributed by atoms with Crippen LogP contribution in [0.15, 0.2) is 30.5 Å². The van der Waals surface area contributed by atoms with Crippen LogP contribution in [0.2, 0.25) is 0 Å². The van der Waals surface area contributed by atoms with Crippen LogP contribution in [0.25, 0.3) is 10.9 Å². The Morgan fingerprint density at radius 1 is 1.50 bits per heavy atom. The third kappa shape index (κ3) is 1.95. The van der Waals surface area contributed by atoms with Crippen LogP contribution in [0.4, 0.5) is 0 Å². The molecular weight excluding hydrogens is 228 g/mol. The van der Waals surface area contributed by atoms with Gasteiger partial charge in [-0.1, -0.05) is 18.2 Å². The quantitative estimate of drug-likeness (QED) is 0.777. The van der Waals surface area contributed by atoms with Gasteiger partial charge in [0.25, 0.3) is 0 Å². The summed E-state index contributed by atoms with van der Waals surface area (Å²) in [4.78, 5) is 11.8. The molecule has 0 bridgehead atoms. The van der Waals surface area contributed by atoms with Gasteiger partial charge in [0.1, 0.15) is 12.1 Å². The molecule has 2 rings (SSSR count). The van der Waals surface area contributed by atoms with Crippen molar-refractivity contribution in [3.63, 3.8) is 0 Å². The SMILES string of the molecule is CCOC(=O)[C@@H](C)n1cc(C#N)c2ccccc21. The first-order valence-electron chi connectivity index (χ1n) is 5.85. The number of aromatic nitrogens is 1. The number of para-hydroxylation sites is 1. The van der Waals surface area contributed by atoms with Crippen molar-refractivity contribution in [3.8, 4) is 6.07 Å². The highest BCUT2D eigenvalue weighted by Gasteiger charge is 2.19. The summed E-state index contributed by atoms with van der Waals surface area (Å²) in [6.07, 6.45) is 1.70.